The Morgan fingerprint density at radius 2 is 0.594 bits per heavy atom. The van der Waals surface area contributed by atoms with Crippen molar-refractivity contribution in [2.45, 2.75) is 92.3 Å². The van der Waals surface area contributed by atoms with Gasteiger partial charge in [-0.05, 0) is 52.8 Å². The molecule has 0 amide bonds. The molecule has 0 fully saturated rings. The molecule has 342 valence electrons. The zero-order valence-electron chi connectivity index (χ0n) is 35.6. The third kappa shape index (κ3) is 8.21. The molecule has 0 spiro atoms. The van der Waals surface area contributed by atoms with Crippen molar-refractivity contribution in [3.8, 4) is 0 Å². The van der Waals surface area contributed by atoms with Crippen LogP contribution in [0.25, 0.3) is 0 Å². The number of aliphatic imine (C=N–C) groups is 2. The Kier molecular flexibility index (Phi) is 14.3. The van der Waals surface area contributed by atoms with E-state index in [0.29, 0.717) is 22.3 Å². The molecule has 2 nitrogen and oxygen atoms in total. The van der Waals surface area contributed by atoms with Gasteiger partial charge in [0.15, 0.2) is 52.4 Å². The third-order valence-electron chi connectivity index (χ3n) is 11.3. The molecule has 0 saturated carbocycles. The van der Waals surface area contributed by atoms with Gasteiger partial charge in [-0.1, -0.05) is 91.8 Å². The minimum atomic E-state index is -5.99. The molecule has 5 rings (SSSR count). The quantitative estimate of drug-likeness (QED) is 0.0392. The summed E-state index contributed by atoms with van der Waals surface area (Å²) >= 11 is 0. The van der Waals surface area contributed by atoms with Crippen LogP contribution in [0, 0.1) is 87.3 Å². The maximum absolute atomic E-state index is 16.6. The van der Waals surface area contributed by atoms with Crippen LogP contribution in [0.15, 0.2) is 46.4 Å². The van der Waals surface area contributed by atoms with Gasteiger partial charge in [-0.25, -0.2) is 65.9 Å². The predicted molar refractivity (Wildman–Crippen MR) is 217 cm³/mol. The van der Waals surface area contributed by atoms with Crippen LogP contribution < -0.4 is 16.4 Å². The summed E-state index contributed by atoms with van der Waals surface area (Å²) in [5.41, 5.74) is -7.84. The number of nitrogens with zero attached hydrogens (tertiary/aromatic N) is 2. The molecule has 5 aromatic rings. The number of hydrogen-bond acceptors (Lipinski definition) is 2. The van der Waals surface area contributed by atoms with Gasteiger partial charge in [0.05, 0.1) is 17.1 Å². The van der Waals surface area contributed by atoms with Crippen molar-refractivity contribution in [3.63, 3.8) is 0 Å². The maximum atomic E-state index is 16.6. The summed E-state index contributed by atoms with van der Waals surface area (Å²) in [6.07, 6.45) is -8.10. The smallest absolute Gasteiger partial charge is 0.200 e. The largest absolute Gasteiger partial charge is 0.254 e. The highest BCUT2D eigenvalue weighted by Gasteiger charge is 2.49. The highest BCUT2D eigenvalue weighted by Crippen LogP contribution is 2.39. The lowest BCUT2D eigenvalue weighted by molar-refractivity contribution is 0.379. The Labute approximate surface area is 358 Å². The minimum Gasteiger partial charge on any atom is -0.254 e. The molecule has 0 aliphatic carbocycles. The van der Waals surface area contributed by atoms with Gasteiger partial charge in [0.2, 0.25) is 0 Å². The molecule has 0 aliphatic rings. The van der Waals surface area contributed by atoms with Crippen LogP contribution >= 0.6 is 0 Å². The molecule has 0 heterocycles. The van der Waals surface area contributed by atoms with Crippen molar-refractivity contribution >= 4 is 45.3 Å². The van der Waals surface area contributed by atoms with E-state index in [9.17, 15) is 13.2 Å². The molecule has 5 aromatic carbocycles. The van der Waals surface area contributed by atoms with Crippen LogP contribution in [0.4, 0.5) is 77.2 Å². The van der Waals surface area contributed by atoms with E-state index in [1.54, 1.807) is 79.7 Å². The first-order valence-electron chi connectivity index (χ1n) is 19.9. The lowest BCUT2D eigenvalue weighted by Gasteiger charge is -2.44. The third-order valence-corrected chi connectivity index (χ3v) is 11.3. The molecule has 0 aliphatic heterocycles. The van der Waals surface area contributed by atoms with Gasteiger partial charge in [-0.3, -0.25) is 9.98 Å². The van der Waals surface area contributed by atoms with Crippen molar-refractivity contribution in [1.82, 2.24) is 0 Å². The van der Waals surface area contributed by atoms with E-state index < -0.39 is 139 Å². The van der Waals surface area contributed by atoms with E-state index in [1.807, 2.05) is 0 Å². The van der Waals surface area contributed by atoms with Crippen LogP contribution in [-0.4, -0.2) is 17.6 Å². The number of rotatable bonds is 12. The summed E-state index contributed by atoms with van der Waals surface area (Å²) in [6.45, 7) is 14.8. The fourth-order valence-corrected chi connectivity index (χ4v) is 8.12. The number of halogens is 15. The van der Waals surface area contributed by atoms with E-state index in [1.165, 1.54) is 12.1 Å². The molecule has 0 radical (unpaired) electrons. The van der Waals surface area contributed by atoms with Gasteiger partial charge in [-0.15, -0.1) is 22.7 Å². The van der Waals surface area contributed by atoms with Crippen LogP contribution in [0.2, 0.25) is 6.32 Å². The van der Waals surface area contributed by atoms with Crippen molar-refractivity contribution < 1.29 is 65.9 Å². The molecule has 0 bridgehead atoms. The second-order valence-corrected chi connectivity index (χ2v) is 16.6. The van der Waals surface area contributed by atoms with Crippen molar-refractivity contribution in [2.24, 2.45) is 9.98 Å². The molecule has 0 atom stereocenters. The van der Waals surface area contributed by atoms with Gasteiger partial charge < -0.3 is 0 Å². The summed E-state index contributed by atoms with van der Waals surface area (Å²) in [7, 11) is 0. The van der Waals surface area contributed by atoms with Gasteiger partial charge in [0, 0.05) is 5.71 Å². The molecule has 64 heavy (non-hydrogen) atoms. The minimum absolute atomic E-state index is 0.0739. The Balaban J connectivity index is 2.24. The summed E-state index contributed by atoms with van der Waals surface area (Å²) in [4.78, 5) is 9.36. The fourth-order valence-electron chi connectivity index (χ4n) is 8.12. The normalized spacial score (nSPS) is 12.9. The van der Waals surface area contributed by atoms with E-state index in [-0.39, 0.29) is 23.2 Å². The molecular formula is C46H39BF15N2-. The van der Waals surface area contributed by atoms with Gasteiger partial charge in [-0.2, -0.15) is 0 Å². The first kappa shape index (κ1) is 49.5. The fraction of sp³-hybridized carbons (Fsp3) is 0.304. The Morgan fingerprint density at radius 1 is 0.375 bits per heavy atom. The Bertz CT molecular complexity index is 2430. The second-order valence-electron chi connectivity index (χ2n) is 16.6. The molecule has 0 N–H and O–H groups in total. The van der Waals surface area contributed by atoms with Crippen molar-refractivity contribution in [1.29, 1.82) is 0 Å². The van der Waals surface area contributed by atoms with Crippen molar-refractivity contribution in [2.75, 3.05) is 0 Å². The summed E-state index contributed by atoms with van der Waals surface area (Å²) in [5.74, 6) is -47.6. The first-order valence-corrected chi connectivity index (χ1v) is 19.9. The topological polar surface area (TPSA) is 24.7 Å². The lowest BCUT2D eigenvalue weighted by Crippen LogP contribution is -2.74. The van der Waals surface area contributed by atoms with Crippen LogP contribution in [-0.2, 0) is 0 Å². The zero-order chi connectivity index (χ0) is 48.2. The molecular weight excluding hydrogens is 876 g/mol. The number of benzene rings is 5. The summed E-state index contributed by atoms with van der Waals surface area (Å²) in [5, 5.41) is 0. The second kappa shape index (κ2) is 18.5. The van der Waals surface area contributed by atoms with E-state index in [4.69, 9.17) is 4.99 Å². The SMILES string of the molecule is CC(=Nc1c(C(C)C)cccc1C(C)C)C(C[B-](c1c(F)c(F)c(F)c(F)c1F)(c1c(F)c(F)c(F)c(F)c1F)c1c(F)c(F)c(F)c(F)c1F)=Nc1c(C(C)C)cccc1C(C)C. The molecule has 0 unspecified atom stereocenters. The monoisotopic (exact) mass is 915 g/mol. The van der Waals surface area contributed by atoms with Gasteiger partial charge in [0.25, 0.3) is 0 Å². The van der Waals surface area contributed by atoms with E-state index in [2.05, 4.69) is 4.99 Å². The predicted octanol–water partition coefficient (Wildman–Crippen LogP) is 13.3. The zero-order valence-corrected chi connectivity index (χ0v) is 35.6. The average molecular weight is 916 g/mol. The highest BCUT2D eigenvalue weighted by atomic mass is 19.2. The number of hydrogen-bond donors (Lipinski definition) is 0. The lowest BCUT2D eigenvalue weighted by atomic mass is 9.13. The van der Waals surface area contributed by atoms with Crippen molar-refractivity contribution in [3.05, 3.63) is 146 Å². The van der Waals surface area contributed by atoms with Crippen LogP contribution in [0.5, 0.6) is 0 Å². The highest BCUT2D eigenvalue weighted by molar-refractivity contribution is 7.13. The number of para-hydroxylation sites is 2. The summed E-state index contributed by atoms with van der Waals surface area (Å²) < 4.78 is 237. The van der Waals surface area contributed by atoms with E-state index in [0.717, 1.165) is 6.92 Å². The Morgan fingerprint density at radius 3 is 0.828 bits per heavy atom. The molecule has 0 aromatic heterocycles. The maximum Gasteiger partial charge on any atom is 0.200 e. The van der Waals surface area contributed by atoms with Crippen LogP contribution in [0.3, 0.4) is 0 Å². The first-order chi connectivity index (χ1) is 29.8. The van der Waals surface area contributed by atoms with Gasteiger partial charge in [0.1, 0.15) is 41.0 Å². The van der Waals surface area contributed by atoms with Crippen LogP contribution in [0.1, 0.15) is 108 Å². The molecule has 0 saturated heterocycles. The standard InChI is InChI=1S/C46H39BF15N2/c1-17(2)22-12-10-13-23(18(3)4)45(22)63-21(9)26(64-46-24(19(5)6)14-11-15-25(46)20(7)8)16-47(27-30(48)36(54)42(60)37(55)31(27)49,28-32(50)38(56)43(61)39(57)33(28)51)29-34(52)40(58)44(62)41(59)35(29)53/h10-15,17-20H,16H2,1-9H3/q-1. The van der Waals surface area contributed by atoms with Gasteiger partial charge >= 0.3 is 0 Å². The summed E-state index contributed by atoms with van der Waals surface area (Å²) in [6, 6.07) is 9.59. The Hall–Kier alpha value is -5.55. The average Bonchev–Trinajstić information content (AvgIpc) is 3.24. The molecule has 18 heteroatoms. The van der Waals surface area contributed by atoms with E-state index >= 15 is 52.7 Å².